The van der Waals surface area contributed by atoms with Gasteiger partial charge < -0.3 is 14.8 Å². The molecule has 2 N–H and O–H groups in total. The molecular formula is C14H21NO4. The molecule has 0 spiro atoms. The van der Waals surface area contributed by atoms with E-state index in [1.807, 2.05) is 13.8 Å². The van der Waals surface area contributed by atoms with Crippen LogP contribution in [0.3, 0.4) is 0 Å². The van der Waals surface area contributed by atoms with Gasteiger partial charge in [-0.2, -0.15) is 0 Å². The second kappa shape index (κ2) is 7.61. The molecule has 1 aromatic heterocycles. The van der Waals surface area contributed by atoms with E-state index in [9.17, 15) is 9.59 Å². The van der Waals surface area contributed by atoms with Crippen LogP contribution >= 0.6 is 0 Å². The molecule has 5 heteroatoms. The number of aliphatic carboxylic acids is 1. The quantitative estimate of drug-likeness (QED) is 0.758. The lowest BCUT2D eigenvalue weighted by Crippen LogP contribution is -2.26. The Balaban J connectivity index is 2.30. The smallest absolute Gasteiger partial charge is 0.303 e. The molecule has 1 aromatic rings. The zero-order valence-corrected chi connectivity index (χ0v) is 11.4. The van der Waals surface area contributed by atoms with Gasteiger partial charge in [-0.05, 0) is 31.7 Å². The Morgan fingerprint density at radius 3 is 2.68 bits per heavy atom. The van der Waals surface area contributed by atoms with Crippen molar-refractivity contribution in [1.82, 2.24) is 5.32 Å². The summed E-state index contributed by atoms with van der Waals surface area (Å²) < 4.78 is 5.10. The van der Waals surface area contributed by atoms with Crippen molar-refractivity contribution in [2.45, 2.75) is 39.5 Å². The molecule has 106 valence electrons. The number of hydrogen-bond donors (Lipinski definition) is 2. The van der Waals surface area contributed by atoms with Gasteiger partial charge in [0.2, 0.25) is 0 Å². The van der Waals surface area contributed by atoms with Crippen LogP contribution in [0.1, 0.15) is 48.7 Å². The Bertz CT molecular complexity index is 425. The molecule has 0 fully saturated rings. The molecule has 0 aromatic carbocycles. The van der Waals surface area contributed by atoms with E-state index < -0.39 is 5.97 Å². The van der Waals surface area contributed by atoms with Gasteiger partial charge in [0.05, 0.1) is 6.26 Å². The predicted molar refractivity (Wildman–Crippen MR) is 71.0 cm³/mol. The minimum absolute atomic E-state index is 0.184. The SMILES string of the molecule is CCC(CCNC(=O)c1occc1C)CCC(=O)O. The summed E-state index contributed by atoms with van der Waals surface area (Å²) in [7, 11) is 0. The van der Waals surface area contributed by atoms with E-state index in [4.69, 9.17) is 9.52 Å². The van der Waals surface area contributed by atoms with Crippen molar-refractivity contribution in [2.75, 3.05) is 6.54 Å². The van der Waals surface area contributed by atoms with E-state index in [0.717, 1.165) is 18.4 Å². The van der Waals surface area contributed by atoms with Crippen LogP contribution in [-0.2, 0) is 4.79 Å². The third-order valence-corrected chi connectivity index (χ3v) is 3.25. The monoisotopic (exact) mass is 267 g/mol. The number of carboxylic acids is 1. The number of furan rings is 1. The summed E-state index contributed by atoms with van der Waals surface area (Å²) in [5.74, 6) is -0.308. The van der Waals surface area contributed by atoms with E-state index in [1.54, 1.807) is 6.07 Å². The molecule has 19 heavy (non-hydrogen) atoms. The molecule has 0 radical (unpaired) electrons. The summed E-state index contributed by atoms with van der Waals surface area (Å²) in [6.07, 6.45) is 4.04. The van der Waals surface area contributed by atoms with Crippen molar-refractivity contribution in [1.29, 1.82) is 0 Å². The second-order valence-electron chi connectivity index (χ2n) is 4.68. The summed E-state index contributed by atoms with van der Waals surface area (Å²) in [6.45, 7) is 4.39. The van der Waals surface area contributed by atoms with Gasteiger partial charge >= 0.3 is 5.97 Å². The highest BCUT2D eigenvalue weighted by Crippen LogP contribution is 2.15. The minimum Gasteiger partial charge on any atom is -0.481 e. The van der Waals surface area contributed by atoms with Crippen molar-refractivity contribution >= 4 is 11.9 Å². The summed E-state index contributed by atoms with van der Waals surface area (Å²) in [4.78, 5) is 22.3. The van der Waals surface area contributed by atoms with E-state index in [0.29, 0.717) is 24.6 Å². The number of amides is 1. The molecule has 1 rings (SSSR count). The molecule has 0 aliphatic heterocycles. The van der Waals surface area contributed by atoms with Crippen molar-refractivity contribution in [3.63, 3.8) is 0 Å². The van der Waals surface area contributed by atoms with E-state index >= 15 is 0 Å². The van der Waals surface area contributed by atoms with Crippen molar-refractivity contribution in [3.8, 4) is 0 Å². The first-order chi connectivity index (χ1) is 9.04. The van der Waals surface area contributed by atoms with Gasteiger partial charge in [-0.1, -0.05) is 13.3 Å². The Morgan fingerprint density at radius 2 is 2.16 bits per heavy atom. The Labute approximate surface area is 113 Å². The normalized spacial score (nSPS) is 12.1. The van der Waals surface area contributed by atoms with E-state index in [1.165, 1.54) is 6.26 Å². The lowest BCUT2D eigenvalue weighted by Gasteiger charge is -2.13. The first-order valence-corrected chi connectivity index (χ1v) is 6.58. The number of nitrogens with one attached hydrogen (secondary N) is 1. The van der Waals surface area contributed by atoms with Crippen LogP contribution in [0.5, 0.6) is 0 Å². The van der Waals surface area contributed by atoms with Crippen LogP contribution in [-0.4, -0.2) is 23.5 Å². The third kappa shape index (κ3) is 5.16. The minimum atomic E-state index is -0.770. The van der Waals surface area contributed by atoms with Gasteiger partial charge in [0, 0.05) is 18.5 Å². The van der Waals surface area contributed by atoms with Gasteiger partial charge in [-0.25, -0.2) is 0 Å². The molecule has 0 saturated carbocycles. The molecule has 0 saturated heterocycles. The molecule has 0 aliphatic rings. The summed E-state index contributed by atoms with van der Waals surface area (Å²) in [5.41, 5.74) is 0.815. The van der Waals surface area contributed by atoms with E-state index in [2.05, 4.69) is 5.32 Å². The fourth-order valence-corrected chi connectivity index (χ4v) is 1.96. The summed E-state index contributed by atoms with van der Waals surface area (Å²) in [5, 5.41) is 11.4. The van der Waals surface area contributed by atoms with Crippen LogP contribution < -0.4 is 5.32 Å². The van der Waals surface area contributed by atoms with Crippen LogP contribution in [0.15, 0.2) is 16.7 Å². The van der Waals surface area contributed by atoms with Crippen molar-refractivity contribution in [3.05, 3.63) is 23.7 Å². The predicted octanol–water partition coefficient (Wildman–Crippen LogP) is 2.60. The van der Waals surface area contributed by atoms with Gasteiger partial charge in [0.1, 0.15) is 0 Å². The number of carboxylic acid groups (broad SMARTS) is 1. The Morgan fingerprint density at radius 1 is 1.42 bits per heavy atom. The topological polar surface area (TPSA) is 79.5 Å². The number of rotatable bonds is 8. The Hall–Kier alpha value is -1.78. The highest BCUT2D eigenvalue weighted by molar-refractivity contribution is 5.92. The lowest BCUT2D eigenvalue weighted by atomic mass is 9.96. The van der Waals surface area contributed by atoms with Crippen LogP contribution in [0.25, 0.3) is 0 Å². The first-order valence-electron chi connectivity index (χ1n) is 6.58. The average molecular weight is 267 g/mol. The summed E-state index contributed by atoms with van der Waals surface area (Å²) in [6, 6.07) is 1.75. The third-order valence-electron chi connectivity index (χ3n) is 3.25. The summed E-state index contributed by atoms with van der Waals surface area (Å²) >= 11 is 0. The zero-order chi connectivity index (χ0) is 14.3. The molecular weight excluding hydrogens is 246 g/mol. The molecule has 0 aliphatic carbocycles. The fourth-order valence-electron chi connectivity index (χ4n) is 1.96. The number of carbonyl (C=O) groups excluding carboxylic acids is 1. The highest BCUT2D eigenvalue weighted by Gasteiger charge is 2.13. The van der Waals surface area contributed by atoms with Gasteiger partial charge in [-0.3, -0.25) is 9.59 Å². The Kier molecular flexibility index (Phi) is 6.12. The molecule has 1 amide bonds. The number of carbonyl (C=O) groups is 2. The van der Waals surface area contributed by atoms with Gasteiger partial charge in [-0.15, -0.1) is 0 Å². The average Bonchev–Trinajstić information content (AvgIpc) is 2.79. The van der Waals surface area contributed by atoms with E-state index in [-0.39, 0.29) is 12.3 Å². The second-order valence-corrected chi connectivity index (χ2v) is 4.68. The molecule has 5 nitrogen and oxygen atoms in total. The number of aryl methyl sites for hydroxylation is 1. The first kappa shape index (κ1) is 15.3. The fraction of sp³-hybridized carbons (Fsp3) is 0.571. The van der Waals surface area contributed by atoms with Gasteiger partial charge in [0.25, 0.3) is 5.91 Å². The molecule has 1 unspecified atom stereocenters. The number of hydrogen-bond acceptors (Lipinski definition) is 3. The molecule has 0 bridgehead atoms. The highest BCUT2D eigenvalue weighted by atomic mass is 16.4. The maximum absolute atomic E-state index is 11.8. The van der Waals surface area contributed by atoms with Gasteiger partial charge in [0.15, 0.2) is 5.76 Å². The molecule has 1 heterocycles. The van der Waals surface area contributed by atoms with Crippen LogP contribution in [0.2, 0.25) is 0 Å². The largest absolute Gasteiger partial charge is 0.481 e. The van der Waals surface area contributed by atoms with Crippen molar-refractivity contribution < 1.29 is 19.1 Å². The zero-order valence-electron chi connectivity index (χ0n) is 11.4. The van der Waals surface area contributed by atoms with Crippen LogP contribution in [0.4, 0.5) is 0 Å². The molecule has 1 atom stereocenters. The maximum atomic E-state index is 11.8. The van der Waals surface area contributed by atoms with Crippen LogP contribution in [0, 0.1) is 12.8 Å². The lowest BCUT2D eigenvalue weighted by molar-refractivity contribution is -0.137. The maximum Gasteiger partial charge on any atom is 0.303 e. The standard InChI is InChI=1S/C14H21NO4/c1-3-11(4-5-12(16)17)6-8-15-14(18)13-10(2)7-9-19-13/h7,9,11H,3-6,8H2,1-2H3,(H,15,18)(H,16,17). The van der Waals surface area contributed by atoms with Crippen molar-refractivity contribution in [2.24, 2.45) is 5.92 Å².